The van der Waals surface area contributed by atoms with Gasteiger partial charge in [0.25, 0.3) is 0 Å². The molecule has 7 nitrogen and oxygen atoms in total. The van der Waals surface area contributed by atoms with E-state index in [1.807, 2.05) is 6.07 Å². The molecular formula is C16H24N6O. The van der Waals surface area contributed by atoms with Gasteiger partial charge in [-0.15, -0.1) is 0 Å². The summed E-state index contributed by atoms with van der Waals surface area (Å²) in [6, 6.07) is 1.93. The van der Waals surface area contributed by atoms with Crippen molar-refractivity contribution in [1.29, 1.82) is 5.26 Å². The van der Waals surface area contributed by atoms with Crippen molar-refractivity contribution < 1.29 is 4.79 Å². The monoisotopic (exact) mass is 316 g/mol. The lowest BCUT2D eigenvalue weighted by Crippen LogP contribution is -2.36. The molecule has 1 saturated carbocycles. The number of H-pyrrole nitrogens is 1. The second-order valence-corrected chi connectivity index (χ2v) is 6.97. The van der Waals surface area contributed by atoms with Crippen molar-refractivity contribution in [2.75, 3.05) is 26.2 Å². The Morgan fingerprint density at radius 1 is 1.48 bits per heavy atom. The Bertz CT molecular complexity index is 600. The summed E-state index contributed by atoms with van der Waals surface area (Å²) in [5, 5.41) is 18.6. The number of nitrogens with one attached hydrogen (secondary N) is 2. The highest BCUT2D eigenvalue weighted by Crippen LogP contribution is 2.46. The fraction of sp³-hybridized carbons (Fsp3) is 0.750. The van der Waals surface area contributed by atoms with Crippen LogP contribution in [-0.4, -0.2) is 52.2 Å². The van der Waals surface area contributed by atoms with Gasteiger partial charge < -0.3 is 5.32 Å². The standard InChI is InChI=1S/C16H24N6O/c1-10(2)15-19-16(21-20-15)13-8-22(7-12(13)11-3-4-11)9-14(23)18-6-5-17/h10-13H,3-4,6-9H2,1-2H3,(H,18,23)(H,19,20,21)/t12-,13+/m1/s1. The second kappa shape index (κ2) is 6.67. The number of hydrogen-bond acceptors (Lipinski definition) is 5. The molecule has 1 amide bonds. The van der Waals surface area contributed by atoms with Crippen LogP contribution in [0.3, 0.4) is 0 Å². The van der Waals surface area contributed by atoms with Gasteiger partial charge in [-0.05, 0) is 24.7 Å². The van der Waals surface area contributed by atoms with Crippen LogP contribution in [0.25, 0.3) is 0 Å². The van der Waals surface area contributed by atoms with E-state index in [0.29, 0.717) is 24.3 Å². The number of aromatic nitrogens is 3. The van der Waals surface area contributed by atoms with Crippen molar-refractivity contribution in [2.45, 2.75) is 38.5 Å². The highest BCUT2D eigenvalue weighted by atomic mass is 16.2. The fourth-order valence-electron chi connectivity index (χ4n) is 3.44. The third-order valence-electron chi connectivity index (χ3n) is 4.79. The van der Waals surface area contributed by atoms with Gasteiger partial charge in [-0.2, -0.15) is 10.4 Å². The van der Waals surface area contributed by atoms with Crippen molar-refractivity contribution in [1.82, 2.24) is 25.4 Å². The molecule has 124 valence electrons. The summed E-state index contributed by atoms with van der Waals surface area (Å²) in [4.78, 5) is 18.7. The molecule has 1 aromatic rings. The average molecular weight is 316 g/mol. The maximum atomic E-state index is 11.8. The normalized spacial score (nSPS) is 24.8. The number of nitriles is 1. The van der Waals surface area contributed by atoms with Gasteiger partial charge >= 0.3 is 0 Å². The number of carbonyl (C=O) groups is 1. The Morgan fingerprint density at radius 3 is 2.87 bits per heavy atom. The molecule has 2 fully saturated rings. The summed E-state index contributed by atoms with van der Waals surface area (Å²) in [6.07, 6.45) is 2.56. The topological polar surface area (TPSA) is 97.7 Å². The molecule has 1 aliphatic carbocycles. The molecule has 0 aromatic carbocycles. The second-order valence-electron chi connectivity index (χ2n) is 6.97. The number of aromatic amines is 1. The van der Waals surface area contributed by atoms with Crippen molar-refractivity contribution in [3.63, 3.8) is 0 Å². The Kier molecular flexibility index (Phi) is 4.62. The smallest absolute Gasteiger partial charge is 0.235 e. The summed E-state index contributed by atoms with van der Waals surface area (Å²) in [5.41, 5.74) is 0. The molecule has 2 heterocycles. The summed E-state index contributed by atoms with van der Waals surface area (Å²) >= 11 is 0. The van der Waals surface area contributed by atoms with Crippen LogP contribution in [0.2, 0.25) is 0 Å². The lowest BCUT2D eigenvalue weighted by Gasteiger charge is -2.14. The van der Waals surface area contributed by atoms with Gasteiger partial charge in [0.05, 0.1) is 12.6 Å². The Labute approximate surface area is 136 Å². The molecule has 1 aromatic heterocycles. The van der Waals surface area contributed by atoms with Gasteiger partial charge in [-0.3, -0.25) is 14.8 Å². The summed E-state index contributed by atoms with van der Waals surface area (Å²) < 4.78 is 0. The van der Waals surface area contributed by atoms with E-state index >= 15 is 0 Å². The van der Waals surface area contributed by atoms with E-state index in [1.165, 1.54) is 12.8 Å². The lowest BCUT2D eigenvalue weighted by molar-refractivity contribution is -0.121. The van der Waals surface area contributed by atoms with E-state index in [-0.39, 0.29) is 12.5 Å². The van der Waals surface area contributed by atoms with Crippen molar-refractivity contribution >= 4 is 5.91 Å². The maximum absolute atomic E-state index is 11.8. The number of amides is 1. The minimum absolute atomic E-state index is 0.0714. The van der Waals surface area contributed by atoms with E-state index in [0.717, 1.165) is 30.7 Å². The first kappa shape index (κ1) is 15.9. The maximum Gasteiger partial charge on any atom is 0.235 e. The van der Waals surface area contributed by atoms with E-state index in [2.05, 4.69) is 39.2 Å². The zero-order valence-electron chi connectivity index (χ0n) is 13.7. The highest BCUT2D eigenvalue weighted by Gasteiger charge is 2.44. The van der Waals surface area contributed by atoms with Crippen LogP contribution in [0.5, 0.6) is 0 Å². The molecule has 0 unspecified atom stereocenters. The molecule has 0 bridgehead atoms. The quantitative estimate of drug-likeness (QED) is 0.763. The fourth-order valence-corrected chi connectivity index (χ4v) is 3.44. The van der Waals surface area contributed by atoms with Crippen molar-refractivity contribution in [2.24, 2.45) is 11.8 Å². The van der Waals surface area contributed by atoms with Gasteiger partial charge in [0, 0.05) is 24.9 Å². The summed E-state index contributed by atoms with van der Waals surface area (Å²) in [6.45, 7) is 6.35. The largest absolute Gasteiger partial charge is 0.342 e. The molecule has 23 heavy (non-hydrogen) atoms. The van der Waals surface area contributed by atoms with Crippen molar-refractivity contribution in [3.05, 3.63) is 11.6 Å². The zero-order valence-corrected chi connectivity index (χ0v) is 13.7. The molecule has 7 heteroatoms. The Balaban J connectivity index is 1.66. The molecule has 1 saturated heterocycles. The minimum atomic E-state index is -0.0813. The SMILES string of the molecule is CC(C)c1n[nH]c([C@H]2CN(CC(=O)NCC#N)C[C@@H]2C2CC2)n1. The lowest BCUT2D eigenvalue weighted by atomic mass is 9.91. The van der Waals surface area contributed by atoms with Gasteiger partial charge in [-0.25, -0.2) is 4.98 Å². The summed E-state index contributed by atoms with van der Waals surface area (Å²) in [7, 11) is 0. The van der Waals surface area contributed by atoms with Crippen LogP contribution in [0.1, 0.15) is 50.2 Å². The van der Waals surface area contributed by atoms with Crippen LogP contribution in [-0.2, 0) is 4.79 Å². The molecule has 2 atom stereocenters. The van der Waals surface area contributed by atoms with Gasteiger partial charge in [0.2, 0.25) is 5.91 Å². The predicted molar refractivity (Wildman–Crippen MR) is 84.5 cm³/mol. The van der Waals surface area contributed by atoms with E-state index < -0.39 is 0 Å². The van der Waals surface area contributed by atoms with E-state index in [9.17, 15) is 4.79 Å². The van der Waals surface area contributed by atoms with Crippen LogP contribution < -0.4 is 5.32 Å². The minimum Gasteiger partial charge on any atom is -0.342 e. The Hall–Kier alpha value is -1.94. The van der Waals surface area contributed by atoms with Gasteiger partial charge in [0.1, 0.15) is 12.4 Å². The molecule has 3 rings (SSSR count). The first-order valence-corrected chi connectivity index (χ1v) is 8.36. The molecule has 2 N–H and O–H groups in total. The molecular weight excluding hydrogens is 292 g/mol. The summed E-state index contributed by atoms with van der Waals surface area (Å²) in [5.74, 6) is 3.68. The van der Waals surface area contributed by atoms with Crippen LogP contribution in [0, 0.1) is 23.2 Å². The highest BCUT2D eigenvalue weighted by molar-refractivity contribution is 5.78. The number of nitrogens with zero attached hydrogens (tertiary/aromatic N) is 4. The third kappa shape index (κ3) is 3.70. The third-order valence-corrected chi connectivity index (χ3v) is 4.79. The van der Waals surface area contributed by atoms with E-state index in [1.54, 1.807) is 0 Å². The Morgan fingerprint density at radius 2 is 2.26 bits per heavy atom. The van der Waals surface area contributed by atoms with Crippen LogP contribution in [0.15, 0.2) is 0 Å². The number of hydrogen-bond donors (Lipinski definition) is 2. The van der Waals surface area contributed by atoms with Gasteiger partial charge in [0.15, 0.2) is 5.82 Å². The average Bonchev–Trinajstić information content (AvgIpc) is 3.09. The predicted octanol–water partition coefficient (Wildman–Crippen LogP) is 0.993. The molecule has 1 aliphatic heterocycles. The van der Waals surface area contributed by atoms with Crippen LogP contribution in [0.4, 0.5) is 0 Å². The first-order chi connectivity index (χ1) is 11.1. The molecule has 2 aliphatic rings. The molecule has 0 radical (unpaired) electrons. The first-order valence-electron chi connectivity index (χ1n) is 8.36. The van der Waals surface area contributed by atoms with Crippen molar-refractivity contribution in [3.8, 4) is 6.07 Å². The number of rotatable bonds is 6. The number of carbonyl (C=O) groups excluding carboxylic acids is 1. The number of likely N-dealkylation sites (tertiary alicyclic amines) is 1. The van der Waals surface area contributed by atoms with E-state index in [4.69, 9.17) is 5.26 Å². The van der Waals surface area contributed by atoms with Gasteiger partial charge in [-0.1, -0.05) is 13.8 Å². The molecule has 0 spiro atoms. The van der Waals surface area contributed by atoms with Crippen LogP contribution >= 0.6 is 0 Å². The zero-order chi connectivity index (χ0) is 16.4.